The number of aromatic nitrogens is 2. The Bertz CT molecular complexity index is 1390. The van der Waals surface area contributed by atoms with Crippen molar-refractivity contribution in [1.29, 1.82) is 0 Å². The van der Waals surface area contributed by atoms with E-state index in [4.69, 9.17) is 14.2 Å². The van der Waals surface area contributed by atoms with E-state index in [0.717, 1.165) is 60.4 Å². The number of piperidine rings is 1. The highest BCUT2D eigenvalue weighted by Crippen LogP contribution is 2.32. The van der Waals surface area contributed by atoms with Crippen LogP contribution in [0.1, 0.15) is 44.7 Å². The van der Waals surface area contributed by atoms with E-state index in [-0.39, 0.29) is 17.7 Å². The molecule has 9 nitrogen and oxygen atoms in total. The Labute approximate surface area is 229 Å². The monoisotopic (exact) mass is 534 g/mol. The first-order chi connectivity index (χ1) is 18.7. The number of hydrogen-bond donors (Lipinski definition) is 0. The summed E-state index contributed by atoms with van der Waals surface area (Å²) >= 11 is 0. The van der Waals surface area contributed by atoms with Gasteiger partial charge >= 0.3 is 6.09 Å². The molecule has 0 N–H and O–H groups in total. The number of carbonyl (C=O) groups is 1. The number of hydrogen-bond acceptors (Lipinski definition) is 7. The lowest BCUT2D eigenvalue weighted by Crippen LogP contribution is -2.49. The lowest BCUT2D eigenvalue weighted by Gasteiger charge is -2.39. The molecular weight excluding hydrogens is 496 g/mol. The van der Waals surface area contributed by atoms with E-state index in [2.05, 4.69) is 9.88 Å². The molecule has 0 radical (unpaired) electrons. The second-order valence-electron chi connectivity index (χ2n) is 11.4. The number of aryl methyl sites for hydroxylation is 1. The molecule has 1 aromatic heterocycles. The molecule has 1 fully saturated rings. The third kappa shape index (κ3) is 6.53. The van der Waals surface area contributed by atoms with Gasteiger partial charge in [0.15, 0.2) is 11.5 Å². The SMILES string of the molecule is Cc1ccc2ncc(=O)n(CCN3CCC(N(Cc4ccc5c(c4)OCCO5)C(=O)OC(C)(C)C)CC3)c2c1. The second-order valence-corrected chi connectivity index (χ2v) is 11.4. The Morgan fingerprint density at radius 3 is 2.54 bits per heavy atom. The maximum absolute atomic E-state index is 13.3. The Morgan fingerprint density at radius 1 is 1.05 bits per heavy atom. The summed E-state index contributed by atoms with van der Waals surface area (Å²) in [5.41, 5.74) is 3.11. The number of benzene rings is 2. The number of nitrogens with zero attached hydrogens (tertiary/aromatic N) is 4. The summed E-state index contributed by atoms with van der Waals surface area (Å²) < 4.78 is 19.0. The van der Waals surface area contributed by atoms with Crippen LogP contribution >= 0.6 is 0 Å². The van der Waals surface area contributed by atoms with Crippen molar-refractivity contribution in [3.05, 3.63) is 64.1 Å². The van der Waals surface area contributed by atoms with E-state index in [9.17, 15) is 9.59 Å². The van der Waals surface area contributed by atoms with Gasteiger partial charge in [-0.15, -0.1) is 0 Å². The molecular formula is C30H38N4O5. The van der Waals surface area contributed by atoms with Crippen molar-refractivity contribution in [2.24, 2.45) is 0 Å². The molecule has 2 aliphatic heterocycles. The van der Waals surface area contributed by atoms with Crippen LogP contribution in [-0.4, -0.2) is 69.9 Å². The largest absolute Gasteiger partial charge is 0.486 e. The average Bonchev–Trinajstić information content (AvgIpc) is 2.90. The highest BCUT2D eigenvalue weighted by atomic mass is 16.6. The zero-order valence-corrected chi connectivity index (χ0v) is 23.3. The summed E-state index contributed by atoms with van der Waals surface area (Å²) in [6.07, 6.45) is 2.76. The molecule has 5 rings (SSSR count). The number of ether oxygens (including phenoxy) is 3. The third-order valence-corrected chi connectivity index (χ3v) is 7.23. The Kier molecular flexibility index (Phi) is 7.79. The normalized spacial score (nSPS) is 16.3. The quantitative estimate of drug-likeness (QED) is 0.464. The van der Waals surface area contributed by atoms with Crippen LogP contribution in [0.2, 0.25) is 0 Å². The van der Waals surface area contributed by atoms with E-state index in [0.29, 0.717) is 32.1 Å². The fourth-order valence-electron chi connectivity index (χ4n) is 5.24. The van der Waals surface area contributed by atoms with Crippen molar-refractivity contribution >= 4 is 17.1 Å². The Hall–Kier alpha value is -3.59. The first-order valence-electron chi connectivity index (χ1n) is 13.7. The van der Waals surface area contributed by atoms with E-state index in [1.54, 1.807) is 0 Å². The van der Waals surface area contributed by atoms with Gasteiger partial charge < -0.3 is 28.6 Å². The van der Waals surface area contributed by atoms with Crippen LogP contribution in [0.15, 0.2) is 47.4 Å². The van der Waals surface area contributed by atoms with Crippen LogP contribution in [0.25, 0.3) is 11.0 Å². The Morgan fingerprint density at radius 2 is 1.79 bits per heavy atom. The molecule has 3 heterocycles. The summed E-state index contributed by atoms with van der Waals surface area (Å²) in [6, 6.07) is 11.9. The highest BCUT2D eigenvalue weighted by Gasteiger charge is 2.31. The van der Waals surface area contributed by atoms with E-state index in [1.165, 1.54) is 6.20 Å². The van der Waals surface area contributed by atoms with Crippen LogP contribution in [0.4, 0.5) is 4.79 Å². The van der Waals surface area contributed by atoms with Crippen molar-refractivity contribution < 1.29 is 19.0 Å². The van der Waals surface area contributed by atoms with Gasteiger partial charge in [-0.05, 0) is 75.9 Å². The van der Waals surface area contributed by atoms with Gasteiger partial charge in [0, 0.05) is 38.8 Å². The lowest BCUT2D eigenvalue weighted by atomic mass is 10.0. The molecule has 1 saturated heterocycles. The smallest absolute Gasteiger partial charge is 0.410 e. The van der Waals surface area contributed by atoms with Gasteiger partial charge in [0.25, 0.3) is 5.56 Å². The molecule has 0 bridgehead atoms. The Balaban J connectivity index is 1.26. The summed E-state index contributed by atoms with van der Waals surface area (Å²) in [6.45, 7) is 12.2. The van der Waals surface area contributed by atoms with E-state index < -0.39 is 5.60 Å². The van der Waals surface area contributed by atoms with Crippen LogP contribution in [0.3, 0.4) is 0 Å². The van der Waals surface area contributed by atoms with Crippen molar-refractivity contribution in [3.8, 4) is 11.5 Å². The van der Waals surface area contributed by atoms with Crippen LogP contribution < -0.4 is 15.0 Å². The first kappa shape index (κ1) is 27.0. The summed E-state index contributed by atoms with van der Waals surface area (Å²) in [4.78, 5) is 34.5. The molecule has 0 aliphatic carbocycles. The van der Waals surface area contributed by atoms with Crippen molar-refractivity contribution in [3.63, 3.8) is 0 Å². The van der Waals surface area contributed by atoms with Crippen LogP contribution in [-0.2, 0) is 17.8 Å². The van der Waals surface area contributed by atoms with Gasteiger partial charge in [0.2, 0.25) is 0 Å². The zero-order chi connectivity index (χ0) is 27.6. The van der Waals surface area contributed by atoms with Crippen molar-refractivity contribution in [2.75, 3.05) is 32.8 Å². The molecule has 1 amide bonds. The maximum Gasteiger partial charge on any atom is 0.410 e. The average molecular weight is 535 g/mol. The van der Waals surface area contributed by atoms with Crippen LogP contribution in [0, 0.1) is 6.92 Å². The van der Waals surface area contributed by atoms with Gasteiger partial charge in [0.05, 0.1) is 17.2 Å². The highest BCUT2D eigenvalue weighted by molar-refractivity contribution is 5.75. The maximum atomic E-state index is 13.3. The number of rotatable bonds is 6. The first-order valence-corrected chi connectivity index (χ1v) is 13.7. The minimum absolute atomic E-state index is 0.0522. The van der Waals surface area contributed by atoms with Crippen LogP contribution in [0.5, 0.6) is 11.5 Å². The minimum Gasteiger partial charge on any atom is -0.486 e. The van der Waals surface area contributed by atoms with Gasteiger partial charge in [-0.3, -0.25) is 4.79 Å². The molecule has 2 aliphatic rings. The number of amides is 1. The molecule has 0 unspecified atom stereocenters. The molecule has 0 spiro atoms. The molecule has 3 aromatic rings. The molecule has 2 aromatic carbocycles. The molecule has 208 valence electrons. The molecule has 0 atom stereocenters. The van der Waals surface area contributed by atoms with Crippen molar-refractivity contribution in [1.82, 2.24) is 19.4 Å². The molecule has 0 saturated carbocycles. The predicted molar refractivity (Wildman–Crippen MR) is 149 cm³/mol. The van der Waals surface area contributed by atoms with E-state index in [1.807, 2.05) is 73.6 Å². The molecule has 9 heteroatoms. The van der Waals surface area contributed by atoms with E-state index >= 15 is 0 Å². The zero-order valence-electron chi connectivity index (χ0n) is 23.3. The summed E-state index contributed by atoms with van der Waals surface area (Å²) in [7, 11) is 0. The van der Waals surface area contributed by atoms with Gasteiger partial charge in [0.1, 0.15) is 18.8 Å². The summed E-state index contributed by atoms with van der Waals surface area (Å²) in [5.74, 6) is 1.45. The topological polar surface area (TPSA) is 86.1 Å². The predicted octanol–water partition coefficient (Wildman–Crippen LogP) is 4.38. The molecule has 39 heavy (non-hydrogen) atoms. The van der Waals surface area contributed by atoms with Gasteiger partial charge in [-0.1, -0.05) is 12.1 Å². The lowest BCUT2D eigenvalue weighted by molar-refractivity contribution is 0.00562. The number of fused-ring (bicyclic) bond motifs is 2. The summed E-state index contributed by atoms with van der Waals surface area (Å²) in [5, 5.41) is 0. The number of carbonyl (C=O) groups excluding carboxylic acids is 1. The fourth-order valence-corrected chi connectivity index (χ4v) is 5.24. The van der Waals surface area contributed by atoms with Gasteiger partial charge in [-0.25, -0.2) is 9.78 Å². The second kappa shape index (κ2) is 11.3. The minimum atomic E-state index is -0.582. The van der Waals surface area contributed by atoms with Gasteiger partial charge in [-0.2, -0.15) is 0 Å². The standard InChI is InChI=1S/C30H38N4O5/c1-21-5-7-24-25(17-21)33(28(35)19-31-24)14-13-32-11-9-23(10-12-32)34(29(36)39-30(2,3)4)20-22-6-8-26-27(18-22)38-16-15-37-26/h5-8,17-19,23H,9-16,20H2,1-4H3. The fraction of sp³-hybridized carbons (Fsp3) is 0.500. The third-order valence-electron chi connectivity index (χ3n) is 7.23. The number of likely N-dealkylation sites (tertiary alicyclic amines) is 1. The van der Waals surface area contributed by atoms with Crippen molar-refractivity contribution in [2.45, 2.75) is 65.3 Å².